The van der Waals surface area contributed by atoms with Crippen LogP contribution in [0.5, 0.6) is 23.0 Å². The van der Waals surface area contributed by atoms with E-state index >= 15 is 0 Å². The molecule has 0 radical (unpaired) electrons. The average molecular weight is 438 g/mol. The number of phenolic OH excluding ortho intramolecular Hbond substituents is 3. The van der Waals surface area contributed by atoms with Crippen LogP contribution in [0.25, 0.3) is 0 Å². The third-order valence-corrected chi connectivity index (χ3v) is 5.35. The van der Waals surface area contributed by atoms with Crippen LogP contribution in [0.2, 0.25) is 0 Å². The van der Waals surface area contributed by atoms with Gasteiger partial charge in [-0.15, -0.1) is 0 Å². The number of phosphoric ester groups is 1. The summed E-state index contributed by atoms with van der Waals surface area (Å²) in [6.07, 6.45) is 4.01. The van der Waals surface area contributed by atoms with Gasteiger partial charge in [-0.1, -0.05) is 38.3 Å². The normalized spacial score (nSPS) is 13.0. The van der Waals surface area contributed by atoms with E-state index in [0.29, 0.717) is 12.8 Å². The topological polar surface area (TPSA) is 134 Å². The van der Waals surface area contributed by atoms with Crippen molar-refractivity contribution in [1.29, 1.82) is 0 Å². The standard InChI is InChI=1S/C21H27O8P/c1-2-3-4-5-12-28-30(26,27)29-17-9-6-15(7-10-17)8-11-18(23)21-19(24)13-16(22)14-20(21)25/h6-7,9-10,13-14,22,24-25H,2-5,8,11-12H2,1H3,(H,26,27). The molecule has 0 fully saturated rings. The van der Waals surface area contributed by atoms with Crippen molar-refractivity contribution in [2.24, 2.45) is 0 Å². The molecule has 2 aromatic carbocycles. The van der Waals surface area contributed by atoms with Crippen molar-refractivity contribution in [3.8, 4) is 23.0 Å². The number of hydrogen-bond donors (Lipinski definition) is 4. The Morgan fingerprint density at radius 2 is 1.63 bits per heavy atom. The van der Waals surface area contributed by atoms with Crippen molar-refractivity contribution >= 4 is 13.6 Å². The van der Waals surface area contributed by atoms with Crippen molar-refractivity contribution in [3.05, 3.63) is 47.5 Å². The molecule has 1 unspecified atom stereocenters. The Hall–Kier alpha value is -2.54. The van der Waals surface area contributed by atoms with Gasteiger partial charge in [-0.05, 0) is 30.5 Å². The summed E-state index contributed by atoms with van der Waals surface area (Å²) in [5.74, 6) is -1.65. The quantitative estimate of drug-likeness (QED) is 0.213. The molecular formula is C21H27O8P. The van der Waals surface area contributed by atoms with E-state index in [0.717, 1.165) is 37.0 Å². The van der Waals surface area contributed by atoms with Gasteiger partial charge in [-0.25, -0.2) is 4.57 Å². The lowest BCUT2D eigenvalue weighted by Crippen LogP contribution is -2.02. The zero-order chi connectivity index (χ0) is 22.1. The second-order valence-electron chi connectivity index (χ2n) is 6.88. The second-order valence-corrected chi connectivity index (χ2v) is 8.26. The molecule has 0 saturated carbocycles. The van der Waals surface area contributed by atoms with E-state index in [4.69, 9.17) is 9.05 Å². The highest BCUT2D eigenvalue weighted by Gasteiger charge is 2.22. The first-order chi connectivity index (χ1) is 14.2. The fourth-order valence-electron chi connectivity index (χ4n) is 2.85. The molecule has 8 nitrogen and oxygen atoms in total. The molecule has 2 rings (SSSR count). The van der Waals surface area contributed by atoms with Gasteiger partial charge in [0.05, 0.1) is 6.61 Å². The summed E-state index contributed by atoms with van der Waals surface area (Å²) in [4.78, 5) is 22.0. The molecule has 0 aliphatic carbocycles. The van der Waals surface area contributed by atoms with E-state index in [1.807, 2.05) is 0 Å². The third kappa shape index (κ3) is 7.37. The zero-order valence-electron chi connectivity index (χ0n) is 16.8. The van der Waals surface area contributed by atoms with Gasteiger partial charge < -0.3 is 19.8 Å². The van der Waals surface area contributed by atoms with Crippen LogP contribution >= 0.6 is 7.82 Å². The molecule has 4 N–H and O–H groups in total. The summed E-state index contributed by atoms with van der Waals surface area (Å²) in [5, 5.41) is 28.8. The lowest BCUT2D eigenvalue weighted by molar-refractivity contribution is 0.0977. The first-order valence-corrected chi connectivity index (χ1v) is 11.3. The Morgan fingerprint density at radius 3 is 2.23 bits per heavy atom. The summed E-state index contributed by atoms with van der Waals surface area (Å²) >= 11 is 0. The molecule has 0 aromatic heterocycles. The van der Waals surface area contributed by atoms with Crippen molar-refractivity contribution < 1.29 is 38.6 Å². The number of ketones is 1. The maximum atomic E-state index is 12.3. The highest BCUT2D eigenvalue weighted by Crippen LogP contribution is 2.44. The van der Waals surface area contributed by atoms with Crippen LogP contribution in [0.4, 0.5) is 0 Å². The fourth-order valence-corrected chi connectivity index (χ4v) is 3.65. The number of Topliss-reactive ketones (excluding diaryl/α,β-unsaturated/α-hetero) is 1. The number of aryl methyl sites for hydroxylation is 1. The molecule has 164 valence electrons. The minimum atomic E-state index is -4.19. The van der Waals surface area contributed by atoms with E-state index in [9.17, 15) is 29.6 Å². The molecule has 0 bridgehead atoms. The van der Waals surface area contributed by atoms with Crippen LogP contribution in [-0.2, 0) is 15.5 Å². The van der Waals surface area contributed by atoms with Crippen LogP contribution in [0.3, 0.4) is 0 Å². The maximum absolute atomic E-state index is 12.3. The van der Waals surface area contributed by atoms with Crippen LogP contribution in [-0.4, -0.2) is 32.6 Å². The van der Waals surface area contributed by atoms with Gasteiger partial charge in [0, 0.05) is 18.6 Å². The van der Waals surface area contributed by atoms with E-state index < -0.39 is 25.1 Å². The molecule has 0 spiro atoms. The predicted octanol–water partition coefficient (Wildman–Crippen LogP) is 4.70. The van der Waals surface area contributed by atoms with E-state index in [1.54, 1.807) is 12.1 Å². The van der Waals surface area contributed by atoms with E-state index in [1.165, 1.54) is 12.1 Å². The third-order valence-electron chi connectivity index (χ3n) is 4.40. The number of phosphoric acid groups is 1. The number of rotatable bonds is 12. The lowest BCUT2D eigenvalue weighted by Gasteiger charge is -2.13. The number of carbonyl (C=O) groups is 1. The van der Waals surface area contributed by atoms with Gasteiger partial charge in [-0.3, -0.25) is 14.2 Å². The van der Waals surface area contributed by atoms with Crippen molar-refractivity contribution in [2.75, 3.05) is 6.61 Å². The van der Waals surface area contributed by atoms with Gasteiger partial charge in [0.15, 0.2) is 5.78 Å². The minimum Gasteiger partial charge on any atom is -0.508 e. The number of benzene rings is 2. The molecule has 0 amide bonds. The highest BCUT2D eigenvalue weighted by molar-refractivity contribution is 7.47. The Morgan fingerprint density at radius 1 is 1.00 bits per heavy atom. The monoisotopic (exact) mass is 438 g/mol. The largest absolute Gasteiger partial charge is 0.527 e. The molecule has 0 aliphatic rings. The van der Waals surface area contributed by atoms with Crippen LogP contribution in [0.15, 0.2) is 36.4 Å². The van der Waals surface area contributed by atoms with Crippen molar-refractivity contribution in [2.45, 2.75) is 45.4 Å². The Kier molecular flexibility index (Phi) is 8.72. The first-order valence-electron chi connectivity index (χ1n) is 9.76. The van der Waals surface area contributed by atoms with Gasteiger partial charge in [-0.2, -0.15) is 0 Å². The predicted molar refractivity (Wildman–Crippen MR) is 111 cm³/mol. The van der Waals surface area contributed by atoms with Gasteiger partial charge in [0.2, 0.25) is 0 Å². The number of hydrogen-bond acceptors (Lipinski definition) is 7. The summed E-state index contributed by atoms with van der Waals surface area (Å²) in [6, 6.07) is 8.24. The average Bonchev–Trinajstić information content (AvgIpc) is 2.66. The Labute approximate surface area is 175 Å². The van der Waals surface area contributed by atoms with E-state index in [2.05, 4.69) is 6.92 Å². The SMILES string of the molecule is CCCCCCOP(=O)(O)Oc1ccc(CCC(=O)c2c(O)cc(O)cc2O)cc1. The smallest absolute Gasteiger partial charge is 0.508 e. The summed E-state index contributed by atoms with van der Waals surface area (Å²) in [7, 11) is -4.19. The number of carbonyl (C=O) groups excluding carboxylic acids is 1. The molecule has 1 atom stereocenters. The summed E-state index contributed by atoms with van der Waals surface area (Å²) in [6.45, 7) is 2.21. The van der Waals surface area contributed by atoms with Gasteiger partial charge in [0.25, 0.3) is 0 Å². The fraction of sp³-hybridized carbons (Fsp3) is 0.381. The Bertz CT molecular complexity index is 871. The number of unbranched alkanes of at least 4 members (excludes halogenated alkanes) is 3. The molecule has 9 heteroatoms. The Balaban J connectivity index is 1.87. The maximum Gasteiger partial charge on any atom is 0.527 e. The second kappa shape index (κ2) is 11.0. The van der Waals surface area contributed by atoms with E-state index in [-0.39, 0.29) is 30.1 Å². The van der Waals surface area contributed by atoms with Crippen LogP contribution in [0.1, 0.15) is 54.9 Å². The zero-order valence-corrected chi connectivity index (χ0v) is 17.7. The van der Waals surface area contributed by atoms with Crippen molar-refractivity contribution in [1.82, 2.24) is 0 Å². The van der Waals surface area contributed by atoms with Crippen LogP contribution in [0, 0.1) is 0 Å². The molecule has 0 aliphatic heterocycles. The highest BCUT2D eigenvalue weighted by atomic mass is 31.2. The molecular weight excluding hydrogens is 411 g/mol. The number of aromatic hydroxyl groups is 3. The summed E-state index contributed by atoms with van der Waals surface area (Å²) in [5.41, 5.74) is 0.506. The van der Waals surface area contributed by atoms with Crippen LogP contribution < -0.4 is 4.52 Å². The molecule has 0 heterocycles. The molecule has 30 heavy (non-hydrogen) atoms. The minimum absolute atomic E-state index is 0.00542. The lowest BCUT2D eigenvalue weighted by atomic mass is 10.0. The molecule has 2 aromatic rings. The summed E-state index contributed by atoms with van der Waals surface area (Å²) < 4.78 is 21.9. The molecule has 0 saturated heterocycles. The van der Waals surface area contributed by atoms with Crippen molar-refractivity contribution in [3.63, 3.8) is 0 Å². The van der Waals surface area contributed by atoms with Gasteiger partial charge in [0.1, 0.15) is 28.6 Å². The number of phenols is 3. The first kappa shape index (κ1) is 23.7. The van der Waals surface area contributed by atoms with Gasteiger partial charge >= 0.3 is 7.82 Å².